The van der Waals surface area contributed by atoms with E-state index in [4.69, 9.17) is 14.2 Å². The Morgan fingerprint density at radius 1 is 0.727 bits per heavy atom. The van der Waals surface area contributed by atoms with E-state index in [9.17, 15) is 13.2 Å². The van der Waals surface area contributed by atoms with Crippen LogP contribution in [0.15, 0.2) is 0 Å². The van der Waals surface area contributed by atoms with Crippen LogP contribution < -0.4 is 0 Å². The van der Waals surface area contributed by atoms with Crippen LogP contribution in [0.25, 0.3) is 0 Å². The predicted molar refractivity (Wildman–Crippen MR) is 125 cm³/mol. The summed E-state index contributed by atoms with van der Waals surface area (Å²) in [5, 5.41) is 0. The van der Waals surface area contributed by atoms with Crippen LogP contribution in [-0.4, -0.2) is 38.4 Å². The third-order valence-electron chi connectivity index (χ3n) is 8.25. The van der Waals surface area contributed by atoms with Crippen molar-refractivity contribution in [2.75, 3.05) is 19.8 Å². The number of alkyl halides is 3. The van der Waals surface area contributed by atoms with Gasteiger partial charge < -0.3 is 14.2 Å². The molecule has 194 valence electrons. The van der Waals surface area contributed by atoms with Gasteiger partial charge in [0.25, 0.3) is 0 Å². The molecule has 3 nitrogen and oxygen atoms in total. The Bertz CT molecular complexity index is 503. The zero-order valence-electron chi connectivity index (χ0n) is 20.8. The molecule has 0 unspecified atom stereocenters. The average Bonchev–Trinajstić information content (AvgIpc) is 2.82. The van der Waals surface area contributed by atoms with Crippen LogP contribution in [0.2, 0.25) is 0 Å². The van der Waals surface area contributed by atoms with E-state index in [-0.39, 0.29) is 18.6 Å². The van der Waals surface area contributed by atoms with E-state index in [0.29, 0.717) is 31.7 Å². The lowest BCUT2D eigenvalue weighted by atomic mass is 9.70. The molecule has 0 spiro atoms. The molecule has 0 aromatic heterocycles. The van der Waals surface area contributed by atoms with Crippen molar-refractivity contribution in [3.05, 3.63) is 0 Å². The number of ether oxygens (including phenoxy) is 3. The third kappa shape index (κ3) is 10.0. The summed E-state index contributed by atoms with van der Waals surface area (Å²) in [7, 11) is 0. The van der Waals surface area contributed by atoms with Gasteiger partial charge in [-0.1, -0.05) is 32.6 Å². The van der Waals surface area contributed by atoms with Gasteiger partial charge in [-0.25, -0.2) is 0 Å². The van der Waals surface area contributed by atoms with Gasteiger partial charge in [-0.2, -0.15) is 13.2 Å². The van der Waals surface area contributed by atoms with Crippen molar-refractivity contribution in [1.29, 1.82) is 0 Å². The zero-order chi connectivity index (χ0) is 23.5. The van der Waals surface area contributed by atoms with E-state index >= 15 is 0 Å². The van der Waals surface area contributed by atoms with Crippen molar-refractivity contribution in [2.24, 2.45) is 23.7 Å². The molecule has 33 heavy (non-hydrogen) atoms. The van der Waals surface area contributed by atoms with Crippen molar-refractivity contribution >= 4 is 0 Å². The first-order valence-corrected chi connectivity index (χ1v) is 13.9. The second kappa shape index (κ2) is 14.3. The Morgan fingerprint density at radius 3 is 1.91 bits per heavy atom. The van der Waals surface area contributed by atoms with Crippen molar-refractivity contribution in [3.63, 3.8) is 0 Å². The Morgan fingerprint density at radius 2 is 1.30 bits per heavy atom. The first-order chi connectivity index (χ1) is 15.9. The minimum Gasteiger partial charge on any atom is -0.378 e. The molecule has 3 aliphatic rings. The van der Waals surface area contributed by atoms with Crippen LogP contribution in [0.1, 0.15) is 110 Å². The van der Waals surface area contributed by atoms with Gasteiger partial charge in [-0.15, -0.1) is 0 Å². The molecule has 1 heterocycles. The van der Waals surface area contributed by atoms with Crippen LogP contribution >= 0.6 is 0 Å². The van der Waals surface area contributed by atoms with Gasteiger partial charge in [0.05, 0.1) is 19.3 Å². The Labute approximate surface area is 199 Å². The van der Waals surface area contributed by atoms with Crippen molar-refractivity contribution < 1.29 is 27.4 Å². The first-order valence-electron chi connectivity index (χ1n) is 13.9. The lowest BCUT2D eigenvalue weighted by Gasteiger charge is -2.41. The molecule has 0 bridgehead atoms. The normalized spacial score (nSPS) is 33.8. The van der Waals surface area contributed by atoms with Gasteiger partial charge in [-0.3, -0.25) is 0 Å². The number of halogens is 3. The van der Waals surface area contributed by atoms with E-state index in [1.165, 1.54) is 70.6 Å². The maximum absolute atomic E-state index is 12.3. The maximum atomic E-state index is 12.3. The number of unbranched alkanes of at least 4 members (excludes halogenated alkanes) is 4. The molecular formula is C27H47F3O3. The van der Waals surface area contributed by atoms with Crippen LogP contribution in [0, 0.1) is 23.7 Å². The summed E-state index contributed by atoms with van der Waals surface area (Å²) < 4.78 is 55.1. The smallest absolute Gasteiger partial charge is 0.378 e. The second-order valence-corrected chi connectivity index (χ2v) is 10.9. The summed E-state index contributed by atoms with van der Waals surface area (Å²) in [6.07, 6.45) is 12.7. The molecule has 1 saturated heterocycles. The van der Waals surface area contributed by atoms with Crippen molar-refractivity contribution in [3.8, 4) is 0 Å². The fraction of sp³-hybridized carbons (Fsp3) is 1.00. The Kier molecular flexibility index (Phi) is 11.8. The van der Waals surface area contributed by atoms with Crippen LogP contribution in [0.3, 0.4) is 0 Å². The minimum absolute atomic E-state index is 0.105. The topological polar surface area (TPSA) is 27.7 Å². The van der Waals surface area contributed by atoms with E-state index in [2.05, 4.69) is 6.92 Å². The monoisotopic (exact) mass is 476 g/mol. The molecule has 0 aromatic carbocycles. The average molecular weight is 477 g/mol. The summed E-state index contributed by atoms with van der Waals surface area (Å²) in [5.41, 5.74) is 0. The van der Waals surface area contributed by atoms with E-state index < -0.39 is 12.6 Å². The molecule has 0 amide bonds. The van der Waals surface area contributed by atoms with Gasteiger partial charge in [0.1, 0.15) is 0 Å². The van der Waals surface area contributed by atoms with Crippen molar-refractivity contribution in [2.45, 2.75) is 128 Å². The van der Waals surface area contributed by atoms with Crippen LogP contribution in [0.5, 0.6) is 0 Å². The molecule has 2 aliphatic carbocycles. The fourth-order valence-corrected chi connectivity index (χ4v) is 6.16. The predicted octanol–water partition coefficient (Wildman–Crippen LogP) is 8.06. The number of rotatable bonds is 12. The molecule has 0 atom stereocenters. The van der Waals surface area contributed by atoms with Crippen LogP contribution in [0.4, 0.5) is 13.2 Å². The van der Waals surface area contributed by atoms with Gasteiger partial charge in [-0.05, 0) is 82.5 Å². The number of hydrogen-bond donors (Lipinski definition) is 0. The lowest BCUT2D eigenvalue weighted by molar-refractivity contribution is -0.231. The molecule has 0 N–H and O–H groups in total. The number of hydrogen-bond acceptors (Lipinski definition) is 3. The van der Waals surface area contributed by atoms with E-state index in [1.807, 2.05) is 0 Å². The highest BCUT2D eigenvalue weighted by atomic mass is 19.4. The SMILES string of the molecule is CCCCCCCOC1CCC(C2CCC(C3OCC(CCCC(F)(F)F)CO3)CC2)CC1. The molecule has 2 saturated carbocycles. The first kappa shape index (κ1) is 27.3. The highest BCUT2D eigenvalue weighted by molar-refractivity contribution is 4.84. The van der Waals surface area contributed by atoms with Gasteiger partial charge in [0, 0.05) is 24.9 Å². The fourth-order valence-electron chi connectivity index (χ4n) is 6.16. The summed E-state index contributed by atoms with van der Waals surface area (Å²) in [4.78, 5) is 0. The highest BCUT2D eigenvalue weighted by Gasteiger charge is 2.36. The highest BCUT2D eigenvalue weighted by Crippen LogP contribution is 2.42. The van der Waals surface area contributed by atoms with Gasteiger partial charge in [0.15, 0.2) is 6.29 Å². The maximum Gasteiger partial charge on any atom is 0.389 e. The molecule has 6 heteroatoms. The largest absolute Gasteiger partial charge is 0.389 e. The molecule has 1 aliphatic heterocycles. The standard InChI is InChI=1S/C27H47F3O3/c1-2-3-4-5-6-18-31-25-15-13-23(14-16-25)22-9-11-24(12-10-22)26-32-19-21(20-33-26)8-7-17-27(28,29)30/h21-26H,2-20H2,1H3. The van der Waals surface area contributed by atoms with Gasteiger partial charge >= 0.3 is 6.18 Å². The Balaban J connectivity index is 1.24. The second-order valence-electron chi connectivity index (χ2n) is 10.9. The molecule has 0 radical (unpaired) electrons. The van der Waals surface area contributed by atoms with Crippen molar-refractivity contribution in [1.82, 2.24) is 0 Å². The Hall–Kier alpha value is -0.330. The van der Waals surface area contributed by atoms with E-state index in [0.717, 1.165) is 31.3 Å². The third-order valence-corrected chi connectivity index (χ3v) is 8.25. The molecule has 3 rings (SSSR count). The molecular weight excluding hydrogens is 429 g/mol. The molecule has 3 fully saturated rings. The summed E-state index contributed by atoms with van der Waals surface area (Å²) in [5.74, 6) is 2.23. The molecule has 0 aromatic rings. The van der Waals surface area contributed by atoms with Gasteiger partial charge in [0.2, 0.25) is 0 Å². The zero-order valence-corrected chi connectivity index (χ0v) is 20.8. The summed E-state index contributed by atoms with van der Waals surface area (Å²) in [6, 6.07) is 0. The summed E-state index contributed by atoms with van der Waals surface area (Å²) in [6.45, 7) is 4.29. The summed E-state index contributed by atoms with van der Waals surface area (Å²) >= 11 is 0. The minimum atomic E-state index is -4.06. The quantitative estimate of drug-likeness (QED) is 0.267. The van der Waals surface area contributed by atoms with E-state index in [1.54, 1.807) is 0 Å². The lowest BCUT2D eigenvalue weighted by Crippen LogP contribution is -2.39. The van der Waals surface area contributed by atoms with Crippen LogP contribution in [-0.2, 0) is 14.2 Å².